The van der Waals surface area contributed by atoms with Crippen molar-refractivity contribution in [3.8, 4) is 0 Å². The average Bonchev–Trinajstić information content (AvgIpc) is 1.85. The zero-order valence-corrected chi connectivity index (χ0v) is 7.33. The highest BCUT2D eigenvalue weighted by molar-refractivity contribution is 5.73. The molecule has 0 spiro atoms. The van der Waals surface area contributed by atoms with Gasteiger partial charge in [-0.15, -0.1) is 0 Å². The van der Waals surface area contributed by atoms with Crippen molar-refractivity contribution in [3.05, 3.63) is 11.8 Å². The number of hydrogen-bond acceptors (Lipinski definition) is 3. The Morgan fingerprint density at radius 2 is 2.36 bits per heavy atom. The minimum absolute atomic E-state index is 0.231. The predicted molar refractivity (Wildman–Crippen MR) is 47.7 cm³/mol. The molecule has 0 amide bonds. The van der Waals surface area contributed by atoms with E-state index in [1.807, 2.05) is 33.3 Å². The Labute approximate surface area is 67.8 Å². The molecule has 1 heterocycles. The van der Waals surface area contributed by atoms with E-state index in [-0.39, 0.29) is 6.17 Å². The van der Waals surface area contributed by atoms with Gasteiger partial charge in [0.2, 0.25) is 0 Å². The summed E-state index contributed by atoms with van der Waals surface area (Å²) >= 11 is 0. The van der Waals surface area contributed by atoms with E-state index in [2.05, 4.69) is 15.2 Å². The lowest BCUT2D eigenvalue weighted by molar-refractivity contribution is 0.354. The van der Waals surface area contributed by atoms with Crippen LogP contribution >= 0.6 is 0 Å². The van der Waals surface area contributed by atoms with Crippen LogP contribution in [0, 0.1) is 0 Å². The van der Waals surface area contributed by atoms with Gasteiger partial charge in [-0.05, 0) is 27.1 Å². The zero-order chi connectivity index (χ0) is 8.27. The minimum Gasteiger partial charge on any atom is -0.366 e. The molecule has 0 aromatic carbocycles. The first-order valence-corrected chi connectivity index (χ1v) is 3.80. The SMILES string of the molecule is CC1=CC=NC(CN(C)C)N1. The van der Waals surface area contributed by atoms with Crippen LogP contribution in [0.3, 0.4) is 0 Å². The second-order valence-electron chi connectivity index (χ2n) is 3.07. The number of aliphatic imine (C=N–C) groups is 1. The first kappa shape index (κ1) is 8.27. The van der Waals surface area contributed by atoms with E-state index < -0.39 is 0 Å². The average molecular weight is 153 g/mol. The summed E-state index contributed by atoms with van der Waals surface area (Å²) in [4.78, 5) is 6.38. The van der Waals surface area contributed by atoms with Crippen molar-refractivity contribution >= 4 is 6.21 Å². The lowest BCUT2D eigenvalue weighted by atomic mass is 10.3. The molecule has 0 saturated heterocycles. The van der Waals surface area contributed by atoms with Gasteiger partial charge in [0.1, 0.15) is 6.17 Å². The number of hydrogen-bond donors (Lipinski definition) is 1. The maximum Gasteiger partial charge on any atom is 0.131 e. The fourth-order valence-corrected chi connectivity index (χ4v) is 1.05. The Morgan fingerprint density at radius 3 is 2.91 bits per heavy atom. The Hall–Kier alpha value is -0.830. The molecule has 11 heavy (non-hydrogen) atoms. The van der Waals surface area contributed by atoms with Gasteiger partial charge in [0.05, 0.1) is 0 Å². The summed E-state index contributed by atoms with van der Waals surface area (Å²) < 4.78 is 0. The monoisotopic (exact) mass is 153 g/mol. The van der Waals surface area contributed by atoms with Crippen LogP contribution in [0.5, 0.6) is 0 Å². The van der Waals surface area contributed by atoms with E-state index in [0.717, 1.165) is 6.54 Å². The van der Waals surface area contributed by atoms with Crippen molar-refractivity contribution in [2.45, 2.75) is 13.1 Å². The highest BCUT2D eigenvalue weighted by atomic mass is 15.2. The molecule has 0 bridgehead atoms. The van der Waals surface area contributed by atoms with E-state index in [9.17, 15) is 0 Å². The lowest BCUT2D eigenvalue weighted by Gasteiger charge is -2.21. The van der Waals surface area contributed by atoms with Crippen molar-refractivity contribution in [2.75, 3.05) is 20.6 Å². The molecule has 1 atom stereocenters. The summed E-state index contributed by atoms with van der Waals surface area (Å²) in [7, 11) is 4.09. The van der Waals surface area contributed by atoms with Gasteiger partial charge in [-0.3, -0.25) is 4.99 Å². The molecule has 0 aromatic heterocycles. The third-order valence-electron chi connectivity index (χ3n) is 1.52. The van der Waals surface area contributed by atoms with Crippen LogP contribution in [-0.2, 0) is 0 Å². The highest BCUT2D eigenvalue weighted by Gasteiger charge is 2.08. The largest absolute Gasteiger partial charge is 0.366 e. The summed E-state index contributed by atoms with van der Waals surface area (Å²) in [5, 5.41) is 3.27. The van der Waals surface area contributed by atoms with Gasteiger partial charge in [0.25, 0.3) is 0 Å². The van der Waals surface area contributed by atoms with Crippen LogP contribution in [0.25, 0.3) is 0 Å². The number of likely N-dealkylation sites (N-methyl/N-ethyl adjacent to an activating group) is 1. The highest BCUT2D eigenvalue weighted by Crippen LogP contribution is 1.98. The molecule has 0 aliphatic carbocycles. The molecular weight excluding hydrogens is 138 g/mol. The molecule has 3 nitrogen and oxygen atoms in total. The molecule has 1 aliphatic rings. The van der Waals surface area contributed by atoms with Crippen molar-refractivity contribution in [1.82, 2.24) is 10.2 Å². The van der Waals surface area contributed by atoms with Gasteiger partial charge in [0.15, 0.2) is 0 Å². The molecule has 3 heteroatoms. The van der Waals surface area contributed by atoms with Crippen molar-refractivity contribution in [2.24, 2.45) is 4.99 Å². The molecule has 0 aromatic rings. The van der Waals surface area contributed by atoms with Crippen LogP contribution in [-0.4, -0.2) is 37.9 Å². The summed E-state index contributed by atoms with van der Waals surface area (Å²) in [6.07, 6.45) is 4.07. The molecule has 62 valence electrons. The minimum atomic E-state index is 0.231. The van der Waals surface area contributed by atoms with Crippen molar-refractivity contribution in [3.63, 3.8) is 0 Å². The predicted octanol–water partition coefficient (Wildman–Crippen LogP) is 0.452. The second kappa shape index (κ2) is 3.53. The van der Waals surface area contributed by atoms with Gasteiger partial charge in [-0.2, -0.15) is 0 Å². The number of allylic oxidation sites excluding steroid dienone is 2. The first-order chi connectivity index (χ1) is 5.18. The number of rotatable bonds is 2. The summed E-state index contributed by atoms with van der Waals surface area (Å²) in [5.74, 6) is 0. The molecular formula is C8H15N3. The number of nitrogens with zero attached hydrogens (tertiary/aromatic N) is 2. The fourth-order valence-electron chi connectivity index (χ4n) is 1.05. The maximum absolute atomic E-state index is 4.27. The Morgan fingerprint density at radius 1 is 1.64 bits per heavy atom. The van der Waals surface area contributed by atoms with Gasteiger partial charge >= 0.3 is 0 Å². The zero-order valence-electron chi connectivity index (χ0n) is 7.33. The first-order valence-electron chi connectivity index (χ1n) is 3.80. The standard InChI is InChI=1S/C8H15N3/c1-7-4-5-9-8(10-7)6-11(2)3/h4-5,8,10H,6H2,1-3H3. The summed E-state index contributed by atoms with van der Waals surface area (Å²) in [6, 6.07) is 0. The topological polar surface area (TPSA) is 27.6 Å². The molecule has 1 rings (SSSR count). The van der Waals surface area contributed by atoms with E-state index in [1.165, 1.54) is 5.70 Å². The van der Waals surface area contributed by atoms with E-state index in [1.54, 1.807) is 0 Å². The molecule has 1 N–H and O–H groups in total. The van der Waals surface area contributed by atoms with Crippen LogP contribution in [0.1, 0.15) is 6.92 Å². The molecule has 0 radical (unpaired) electrons. The van der Waals surface area contributed by atoms with Gasteiger partial charge in [-0.1, -0.05) is 0 Å². The van der Waals surface area contributed by atoms with E-state index in [0.29, 0.717) is 0 Å². The molecule has 0 fully saturated rings. The molecule has 1 unspecified atom stereocenters. The Bertz CT molecular complexity index is 182. The third kappa shape index (κ3) is 2.72. The number of nitrogens with one attached hydrogen (secondary N) is 1. The normalized spacial score (nSPS) is 23.3. The van der Waals surface area contributed by atoms with Crippen LogP contribution in [0.15, 0.2) is 16.8 Å². The maximum atomic E-state index is 4.27. The third-order valence-corrected chi connectivity index (χ3v) is 1.52. The van der Waals surface area contributed by atoms with Crippen LogP contribution < -0.4 is 5.32 Å². The lowest BCUT2D eigenvalue weighted by Crippen LogP contribution is -2.37. The quantitative estimate of drug-likeness (QED) is 0.624. The smallest absolute Gasteiger partial charge is 0.131 e. The van der Waals surface area contributed by atoms with Gasteiger partial charge < -0.3 is 10.2 Å². The van der Waals surface area contributed by atoms with Crippen LogP contribution in [0.4, 0.5) is 0 Å². The van der Waals surface area contributed by atoms with Gasteiger partial charge in [-0.25, -0.2) is 0 Å². The fraction of sp³-hybridized carbons (Fsp3) is 0.625. The van der Waals surface area contributed by atoms with Crippen LogP contribution in [0.2, 0.25) is 0 Å². The molecule has 0 saturated carbocycles. The summed E-state index contributed by atoms with van der Waals surface area (Å²) in [5.41, 5.74) is 1.19. The van der Waals surface area contributed by atoms with Gasteiger partial charge in [0, 0.05) is 18.5 Å². The van der Waals surface area contributed by atoms with Crippen molar-refractivity contribution < 1.29 is 0 Å². The van der Waals surface area contributed by atoms with E-state index >= 15 is 0 Å². The summed E-state index contributed by atoms with van der Waals surface area (Å²) in [6.45, 7) is 3.00. The van der Waals surface area contributed by atoms with E-state index in [4.69, 9.17) is 0 Å². The van der Waals surface area contributed by atoms with Crippen molar-refractivity contribution in [1.29, 1.82) is 0 Å². The molecule has 1 aliphatic heterocycles. The second-order valence-corrected chi connectivity index (χ2v) is 3.07. The Balaban J connectivity index is 2.40. The Kier molecular flexibility index (Phi) is 2.65.